The van der Waals surface area contributed by atoms with Crippen LogP contribution in [0.15, 0.2) is 53.7 Å². The minimum Gasteiger partial charge on any atom is -0.478 e. The second-order valence-corrected chi connectivity index (χ2v) is 7.91. The van der Waals surface area contributed by atoms with Crippen molar-refractivity contribution in [3.8, 4) is 0 Å². The predicted molar refractivity (Wildman–Crippen MR) is 110 cm³/mol. The molecule has 5 nitrogen and oxygen atoms in total. The number of ketones is 1. The number of carbonyl (C=O) groups is 3. The summed E-state index contributed by atoms with van der Waals surface area (Å²) in [5.41, 5.74) is 3.76. The molecule has 1 N–H and O–H groups in total. The van der Waals surface area contributed by atoms with E-state index >= 15 is 0 Å². The monoisotopic (exact) mass is 409 g/mol. The first-order chi connectivity index (χ1) is 13.9. The maximum atomic E-state index is 13.2. The van der Waals surface area contributed by atoms with Crippen LogP contribution in [0.1, 0.15) is 53.1 Å². The zero-order chi connectivity index (χ0) is 20.7. The third-order valence-electron chi connectivity index (χ3n) is 5.56. The van der Waals surface area contributed by atoms with Crippen LogP contribution < -0.4 is 4.90 Å². The average Bonchev–Trinajstić information content (AvgIpc) is 2.68. The Hall–Kier alpha value is -2.92. The van der Waals surface area contributed by atoms with E-state index < -0.39 is 5.97 Å². The fourth-order valence-electron chi connectivity index (χ4n) is 4.28. The van der Waals surface area contributed by atoms with E-state index in [1.54, 1.807) is 6.07 Å². The second-order valence-electron chi connectivity index (χ2n) is 7.51. The summed E-state index contributed by atoms with van der Waals surface area (Å²) < 4.78 is 0. The van der Waals surface area contributed by atoms with Crippen LogP contribution >= 0.6 is 11.6 Å². The third-order valence-corrected chi connectivity index (χ3v) is 5.89. The van der Waals surface area contributed by atoms with E-state index in [4.69, 9.17) is 11.6 Å². The van der Waals surface area contributed by atoms with Crippen LogP contribution in [0.2, 0.25) is 5.02 Å². The number of halogens is 1. The van der Waals surface area contributed by atoms with Crippen molar-refractivity contribution in [2.75, 3.05) is 4.90 Å². The lowest BCUT2D eigenvalue weighted by Crippen LogP contribution is -2.40. The van der Waals surface area contributed by atoms with Gasteiger partial charge in [-0.1, -0.05) is 41.4 Å². The summed E-state index contributed by atoms with van der Waals surface area (Å²) in [6.07, 6.45) is 1.89. The molecule has 1 atom stereocenters. The topological polar surface area (TPSA) is 74.7 Å². The number of hydrogen-bond acceptors (Lipinski definition) is 3. The number of rotatable bonds is 3. The number of carbonyl (C=O) groups excluding carboxylic acids is 2. The molecule has 2 aliphatic rings. The van der Waals surface area contributed by atoms with Crippen molar-refractivity contribution < 1.29 is 19.5 Å². The van der Waals surface area contributed by atoms with Gasteiger partial charge in [-0.25, -0.2) is 4.79 Å². The number of carboxylic acid groups (broad SMARTS) is 1. The van der Waals surface area contributed by atoms with E-state index in [9.17, 15) is 19.5 Å². The summed E-state index contributed by atoms with van der Waals surface area (Å²) in [6.45, 7) is 1.99. The molecule has 4 rings (SSSR count). The SMILES string of the molecule is Cc1cccc(C2CC(=O)N(c3ccc(Cl)c(C(=O)O)c3)C3=C2C(=O)CCC3)c1. The Morgan fingerprint density at radius 3 is 2.66 bits per heavy atom. The Morgan fingerprint density at radius 2 is 1.93 bits per heavy atom. The standard InChI is InChI=1S/C23H20ClNO4/c1-13-4-2-5-14(10-13)16-12-21(27)25(19-6-3-7-20(26)22(16)19)15-8-9-18(24)17(11-15)23(28)29/h2,4-5,8-11,16H,3,6-7,12H2,1H3,(H,28,29). The Balaban J connectivity index is 1.87. The van der Waals surface area contributed by atoms with Crippen LogP contribution in [-0.2, 0) is 9.59 Å². The minimum absolute atomic E-state index is 0.0580. The predicted octanol–water partition coefficient (Wildman–Crippen LogP) is 4.87. The first-order valence-corrected chi connectivity index (χ1v) is 9.93. The van der Waals surface area contributed by atoms with Crippen molar-refractivity contribution >= 4 is 34.9 Å². The quantitative estimate of drug-likeness (QED) is 0.784. The number of benzene rings is 2. The summed E-state index contributed by atoms with van der Waals surface area (Å²) in [4.78, 5) is 39.1. The van der Waals surface area contributed by atoms with Gasteiger partial charge in [-0.3, -0.25) is 14.5 Å². The van der Waals surface area contributed by atoms with Crippen molar-refractivity contribution in [3.05, 3.63) is 75.4 Å². The van der Waals surface area contributed by atoms with Gasteiger partial charge in [0.25, 0.3) is 0 Å². The molecule has 1 amide bonds. The highest BCUT2D eigenvalue weighted by Gasteiger charge is 2.39. The van der Waals surface area contributed by atoms with Gasteiger partial charge in [-0.2, -0.15) is 0 Å². The van der Waals surface area contributed by atoms with Crippen LogP contribution in [-0.4, -0.2) is 22.8 Å². The van der Waals surface area contributed by atoms with Gasteiger partial charge in [-0.05, 0) is 43.5 Å². The molecule has 148 valence electrons. The smallest absolute Gasteiger partial charge is 0.337 e. The maximum Gasteiger partial charge on any atom is 0.337 e. The van der Waals surface area contributed by atoms with E-state index in [0.717, 1.165) is 11.1 Å². The number of aryl methyl sites for hydroxylation is 1. The zero-order valence-corrected chi connectivity index (χ0v) is 16.7. The lowest BCUT2D eigenvalue weighted by molar-refractivity contribution is -0.119. The number of Topliss-reactive ketones (excluding diaryl/α,β-unsaturated/α-hetero) is 1. The largest absolute Gasteiger partial charge is 0.478 e. The maximum absolute atomic E-state index is 13.2. The fraction of sp³-hybridized carbons (Fsp3) is 0.261. The molecule has 1 aliphatic heterocycles. The Bertz CT molecular complexity index is 1070. The Morgan fingerprint density at radius 1 is 1.14 bits per heavy atom. The molecular weight excluding hydrogens is 390 g/mol. The lowest BCUT2D eigenvalue weighted by Gasteiger charge is -2.38. The summed E-state index contributed by atoms with van der Waals surface area (Å²) in [5.74, 6) is -1.52. The van der Waals surface area contributed by atoms with E-state index in [2.05, 4.69) is 0 Å². The number of allylic oxidation sites excluding steroid dienone is 2. The lowest BCUT2D eigenvalue weighted by atomic mass is 9.77. The highest BCUT2D eigenvalue weighted by atomic mass is 35.5. The van der Waals surface area contributed by atoms with Gasteiger partial charge in [0.1, 0.15) is 0 Å². The van der Waals surface area contributed by atoms with Crippen LogP contribution in [0.25, 0.3) is 0 Å². The number of nitrogens with zero attached hydrogens (tertiary/aromatic N) is 1. The van der Waals surface area contributed by atoms with E-state index in [1.165, 1.54) is 17.0 Å². The van der Waals surface area contributed by atoms with E-state index in [0.29, 0.717) is 36.2 Å². The molecule has 6 heteroatoms. The second kappa shape index (κ2) is 7.48. The van der Waals surface area contributed by atoms with Crippen LogP contribution in [0.4, 0.5) is 5.69 Å². The molecule has 0 saturated heterocycles. The zero-order valence-electron chi connectivity index (χ0n) is 15.9. The normalized spacial score (nSPS) is 19.4. The summed E-state index contributed by atoms with van der Waals surface area (Å²) >= 11 is 5.99. The molecule has 0 saturated carbocycles. The average molecular weight is 410 g/mol. The molecule has 2 aromatic carbocycles. The number of anilines is 1. The molecule has 0 spiro atoms. The van der Waals surface area contributed by atoms with Crippen LogP contribution in [0, 0.1) is 6.92 Å². The van der Waals surface area contributed by atoms with Crippen LogP contribution in [0.3, 0.4) is 0 Å². The van der Waals surface area contributed by atoms with Crippen molar-refractivity contribution in [3.63, 3.8) is 0 Å². The summed E-state index contributed by atoms with van der Waals surface area (Å²) in [7, 11) is 0. The van der Waals surface area contributed by atoms with Crippen molar-refractivity contribution in [2.45, 2.75) is 38.5 Å². The molecule has 2 aromatic rings. The molecule has 29 heavy (non-hydrogen) atoms. The van der Waals surface area contributed by atoms with Crippen molar-refractivity contribution in [1.29, 1.82) is 0 Å². The first-order valence-electron chi connectivity index (χ1n) is 9.55. The van der Waals surface area contributed by atoms with Gasteiger partial charge in [0.05, 0.1) is 10.6 Å². The molecule has 0 fully saturated rings. The van der Waals surface area contributed by atoms with Gasteiger partial charge >= 0.3 is 5.97 Å². The molecule has 1 heterocycles. The summed E-state index contributed by atoms with van der Waals surface area (Å²) in [5, 5.41) is 9.50. The number of carboxylic acids is 1. The van der Waals surface area contributed by atoms with E-state index in [1.807, 2.05) is 31.2 Å². The number of aromatic carboxylic acids is 1. The minimum atomic E-state index is -1.16. The molecule has 1 unspecified atom stereocenters. The molecule has 1 aliphatic carbocycles. The highest BCUT2D eigenvalue weighted by molar-refractivity contribution is 6.33. The van der Waals surface area contributed by atoms with Gasteiger partial charge in [0, 0.05) is 35.7 Å². The number of amides is 1. The van der Waals surface area contributed by atoms with Crippen molar-refractivity contribution in [1.82, 2.24) is 0 Å². The third kappa shape index (κ3) is 3.47. The first kappa shape index (κ1) is 19.4. The van der Waals surface area contributed by atoms with Gasteiger partial charge in [-0.15, -0.1) is 0 Å². The van der Waals surface area contributed by atoms with Gasteiger partial charge in [0.2, 0.25) is 5.91 Å². The fourth-order valence-corrected chi connectivity index (χ4v) is 4.48. The summed E-state index contributed by atoms with van der Waals surface area (Å²) in [6, 6.07) is 12.4. The highest BCUT2D eigenvalue weighted by Crippen LogP contribution is 2.43. The van der Waals surface area contributed by atoms with Gasteiger partial charge in [0.15, 0.2) is 5.78 Å². The molecule has 0 radical (unpaired) electrons. The molecule has 0 aromatic heterocycles. The van der Waals surface area contributed by atoms with Crippen molar-refractivity contribution in [2.24, 2.45) is 0 Å². The Labute approximate surface area is 173 Å². The van der Waals surface area contributed by atoms with E-state index in [-0.39, 0.29) is 34.6 Å². The molecular formula is C23H20ClNO4. The van der Waals surface area contributed by atoms with Gasteiger partial charge < -0.3 is 5.11 Å². The Kier molecular flexibility index (Phi) is 5.01. The number of hydrogen-bond donors (Lipinski definition) is 1. The molecule has 0 bridgehead atoms. The van der Waals surface area contributed by atoms with Crippen LogP contribution in [0.5, 0.6) is 0 Å².